The lowest BCUT2D eigenvalue weighted by molar-refractivity contribution is -0.144. The number of hydrogen-bond acceptors (Lipinski definition) is 5. The fraction of sp³-hybridized carbons (Fsp3) is 0.667. The van der Waals surface area contributed by atoms with Crippen molar-refractivity contribution in [2.24, 2.45) is 5.92 Å². The van der Waals surface area contributed by atoms with Gasteiger partial charge in [0, 0.05) is 23.9 Å². The third-order valence-corrected chi connectivity index (χ3v) is 7.00. The van der Waals surface area contributed by atoms with E-state index in [2.05, 4.69) is 19.9 Å². The van der Waals surface area contributed by atoms with Crippen molar-refractivity contribution in [1.29, 1.82) is 0 Å². The molecule has 0 aliphatic carbocycles. The Bertz CT molecular complexity index is 652. The molecule has 0 amide bonds. The Morgan fingerprint density at radius 1 is 1.24 bits per heavy atom. The van der Waals surface area contributed by atoms with Crippen LogP contribution in [0.2, 0.25) is 0 Å². The average Bonchev–Trinajstić information content (AvgIpc) is 2.74. The number of thioether (sulfide) groups is 1. The molecule has 1 unspecified atom stereocenters. The molecular weight excluding hydrogens is 384 g/mol. The molecule has 1 saturated heterocycles. The Morgan fingerprint density at radius 2 is 2.00 bits per heavy atom. The van der Waals surface area contributed by atoms with Crippen molar-refractivity contribution >= 4 is 23.5 Å². The second-order valence-electron chi connectivity index (χ2n) is 7.98. The lowest BCUT2D eigenvalue weighted by Crippen LogP contribution is -2.40. The zero-order valence-electron chi connectivity index (χ0n) is 18.2. The first-order valence-electron chi connectivity index (χ1n) is 11.0. The van der Waals surface area contributed by atoms with Gasteiger partial charge in [-0.25, -0.2) is 0 Å². The minimum Gasteiger partial charge on any atom is -0.465 e. The monoisotopic (exact) mass is 420 g/mol. The van der Waals surface area contributed by atoms with Crippen LogP contribution in [0.15, 0.2) is 29.2 Å². The molecule has 1 aliphatic rings. The SMILES string of the molecule is CCCCC(CC)COC(=O)CCSc1cccc(C2(C(C)=O)CCOCC2)c1. The zero-order valence-corrected chi connectivity index (χ0v) is 19.0. The summed E-state index contributed by atoms with van der Waals surface area (Å²) in [5.74, 6) is 1.25. The molecule has 1 fully saturated rings. The number of rotatable bonds is 12. The third-order valence-electron chi connectivity index (χ3n) is 6.01. The fourth-order valence-corrected chi connectivity index (χ4v) is 4.77. The number of carbonyl (C=O) groups excluding carboxylic acids is 2. The summed E-state index contributed by atoms with van der Waals surface area (Å²) in [6.07, 6.45) is 6.43. The van der Waals surface area contributed by atoms with Crippen LogP contribution in [0.25, 0.3) is 0 Å². The fourth-order valence-electron chi connectivity index (χ4n) is 3.88. The Kier molecular flexibility index (Phi) is 10.2. The highest BCUT2D eigenvalue weighted by molar-refractivity contribution is 7.99. The molecule has 1 heterocycles. The van der Waals surface area contributed by atoms with Crippen LogP contribution < -0.4 is 0 Å². The Balaban J connectivity index is 1.84. The normalized spacial score (nSPS) is 16.9. The summed E-state index contributed by atoms with van der Waals surface area (Å²) in [5, 5.41) is 0. The molecule has 1 aromatic carbocycles. The van der Waals surface area contributed by atoms with Crippen molar-refractivity contribution in [2.45, 2.75) is 76.0 Å². The number of unbranched alkanes of at least 4 members (excludes halogenated alkanes) is 1. The Hall–Kier alpha value is -1.33. The van der Waals surface area contributed by atoms with E-state index >= 15 is 0 Å². The minimum atomic E-state index is -0.429. The number of esters is 1. The van der Waals surface area contributed by atoms with Gasteiger partial charge in [-0.1, -0.05) is 45.2 Å². The molecule has 1 atom stereocenters. The van der Waals surface area contributed by atoms with E-state index in [1.54, 1.807) is 18.7 Å². The van der Waals surface area contributed by atoms with Gasteiger partial charge in [-0.05, 0) is 49.8 Å². The lowest BCUT2D eigenvalue weighted by Gasteiger charge is -2.35. The molecule has 0 aromatic heterocycles. The van der Waals surface area contributed by atoms with Crippen LogP contribution in [0.5, 0.6) is 0 Å². The molecule has 0 saturated carbocycles. The third kappa shape index (κ3) is 7.14. The standard InChI is InChI=1S/C24H36O4S/c1-4-6-8-20(5-2)18-28-23(26)11-16-29-22-10-7-9-21(17-22)24(19(3)25)12-14-27-15-13-24/h7,9-10,17,20H,4-6,8,11-16,18H2,1-3H3. The van der Waals surface area contributed by atoms with Gasteiger partial charge in [0.25, 0.3) is 0 Å². The van der Waals surface area contributed by atoms with Crippen LogP contribution in [0, 0.1) is 5.92 Å². The van der Waals surface area contributed by atoms with Crippen LogP contribution >= 0.6 is 11.8 Å². The average molecular weight is 421 g/mol. The van der Waals surface area contributed by atoms with E-state index in [9.17, 15) is 9.59 Å². The maximum Gasteiger partial charge on any atom is 0.306 e. The van der Waals surface area contributed by atoms with E-state index in [1.807, 2.05) is 18.2 Å². The number of benzene rings is 1. The van der Waals surface area contributed by atoms with Crippen molar-refractivity contribution in [3.8, 4) is 0 Å². The summed E-state index contributed by atoms with van der Waals surface area (Å²) in [5.41, 5.74) is 0.643. The van der Waals surface area contributed by atoms with Gasteiger partial charge in [-0.2, -0.15) is 0 Å². The number of ether oxygens (including phenoxy) is 2. The predicted octanol–water partition coefficient (Wildman–Crippen LogP) is 5.57. The van der Waals surface area contributed by atoms with Crippen LogP contribution in [-0.2, 0) is 24.5 Å². The molecule has 5 heteroatoms. The number of hydrogen-bond donors (Lipinski definition) is 0. The van der Waals surface area contributed by atoms with Gasteiger partial charge in [-0.3, -0.25) is 9.59 Å². The van der Waals surface area contributed by atoms with Gasteiger partial charge in [0.15, 0.2) is 0 Å². The molecule has 0 N–H and O–H groups in total. The number of carbonyl (C=O) groups is 2. The van der Waals surface area contributed by atoms with Crippen LogP contribution in [0.4, 0.5) is 0 Å². The van der Waals surface area contributed by atoms with Gasteiger partial charge in [-0.15, -0.1) is 11.8 Å². The summed E-state index contributed by atoms with van der Waals surface area (Å²) in [6.45, 7) is 7.82. The highest BCUT2D eigenvalue weighted by atomic mass is 32.2. The summed E-state index contributed by atoms with van der Waals surface area (Å²) >= 11 is 1.65. The minimum absolute atomic E-state index is 0.117. The topological polar surface area (TPSA) is 52.6 Å². The highest BCUT2D eigenvalue weighted by Gasteiger charge is 2.39. The quantitative estimate of drug-likeness (QED) is 0.327. The molecule has 0 radical (unpaired) electrons. The second kappa shape index (κ2) is 12.4. The van der Waals surface area contributed by atoms with E-state index in [4.69, 9.17) is 9.47 Å². The van der Waals surface area contributed by atoms with Crippen molar-refractivity contribution in [1.82, 2.24) is 0 Å². The smallest absolute Gasteiger partial charge is 0.306 e. The first-order valence-corrected chi connectivity index (χ1v) is 12.0. The van der Waals surface area contributed by atoms with Crippen LogP contribution in [0.3, 0.4) is 0 Å². The molecule has 2 rings (SSSR count). The van der Waals surface area contributed by atoms with Gasteiger partial charge >= 0.3 is 5.97 Å². The predicted molar refractivity (Wildman–Crippen MR) is 118 cm³/mol. The maximum atomic E-state index is 12.4. The molecule has 1 aromatic rings. The first-order chi connectivity index (χ1) is 14.0. The van der Waals surface area contributed by atoms with E-state index in [0.717, 1.165) is 36.1 Å². The molecule has 29 heavy (non-hydrogen) atoms. The number of Topliss-reactive ketones (excluding diaryl/α,β-unsaturated/α-hetero) is 1. The van der Waals surface area contributed by atoms with E-state index in [1.165, 1.54) is 12.8 Å². The summed E-state index contributed by atoms with van der Waals surface area (Å²) in [6, 6.07) is 8.22. The van der Waals surface area contributed by atoms with E-state index < -0.39 is 5.41 Å². The molecule has 4 nitrogen and oxygen atoms in total. The van der Waals surface area contributed by atoms with Crippen molar-refractivity contribution in [2.75, 3.05) is 25.6 Å². The Morgan fingerprint density at radius 3 is 2.66 bits per heavy atom. The van der Waals surface area contributed by atoms with Gasteiger partial charge in [0.2, 0.25) is 0 Å². The van der Waals surface area contributed by atoms with Gasteiger partial charge in [0.1, 0.15) is 5.78 Å². The maximum absolute atomic E-state index is 12.4. The highest BCUT2D eigenvalue weighted by Crippen LogP contribution is 2.37. The number of ketones is 1. The van der Waals surface area contributed by atoms with Crippen molar-refractivity contribution in [3.05, 3.63) is 29.8 Å². The molecular formula is C24H36O4S. The van der Waals surface area contributed by atoms with Gasteiger partial charge in [0.05, 0.1) is 18.4 Å². The van der Waals surface area contributed by atoms with Crippen LogP contribution in [-0.4, -0.2) is 37.3 Å². The van der Waals surface area contributed by atoms with E-state index in [0.29, 0.717) is 37.9 Å². The van der Waals surface area contributed by atoms with Crippen molar-refractivity contribution in [3.63, 3.8) is 0 Å². The van der Waals surface area contributed by atoms with E-state index in [-0.39, 0.29) is 11.8 Å². The first kappa shape index (κ1) is 23.9. The molecule has 1 aliphatic heterocycles. The molecule has 0 spiro atoms. The summed E-state index contributed by atoms with van der Waals surface area (Å²) < 4.78 is 11.0. The summed E-state index contributed by atoms with van der Waals surface area (Å²) in [4.78, 5) is 25.6. The lowest BCUT2D eigenvalue weighted by atomic mass is 9.71. The molecule has 0 bridgehead atoms. The Labute approximate surface area is 180 Å². The van der Waals surface area contributed by atoms with Crippen molar-refractivity contribution < 1.29 is 19.1 Å². The molecule has 162 valence electrons. The van der Waals surface area contributed by atoms with Gasteiger partial charge < -0.3 is 9.47 Å². The zero-order chi connectivity index (χ0) is 21.1. The summed E-state index contributed by atoms with van der Waals surface area (Å²) in [7, 11) is 0. The largest absolute Gasteiger partial charge is 0.465 e. The van der Waals surface area contributed by atoms with Crippen LogP contribution in [0.1, 0.15) is 71.3 Å². The second-order valence-corrected chi connectivity index (χ2v) is 9.14.